The first kappa shape index (κ1) is 12.4. The van der Waals surface area contributed by atoms with Gasteiger partial charge in [-0.15, -0.1) is 0 Å². The van der Waals surface area contributed by atoms with Crippen molar-refractivity contribution < 1.29 is 4.42 Å². The van der Waals surface area contributed by atoms with Gasteiger partial charge in [-0.25, -0.2) is 0 Å². The van der Waals surface area contributed by atoms with Crippen molar-refractivity contribution >= 4 is 34.4 Å². The second-order valence-corrected chi connectivity index (χ2v) is 5.32. The van der Waals surface area contributed by atoms with Gasteiger partial charge >= 0.3 is 0 Å². The zero-order chi connectivity index (χ0) is 10.4. The minimum absolute atomic E-state index is 0.560. The summed E-state index contributed by atoms with van der Waals surface area (Å²) in [6, 6.07) is 4.57. The van der Waals surface area contributed by atoms with Gasteiger partial charge in [-0.05, 0) is 60.1 Å². The normalized spacial score (nSPS) is 13.1. The first-order valence-electron chi connectivity index (χ1n) is 4.69. The molecule has 0 bridgehead atoms. The molecule has 0 amide bonds. The molecule has 0 aliphatic rings. The molecule has 1 aromatic heterocycles. The van der Waals surface area contributed by atoms with E-state index < -0.39 is 0 Å². The van der Waals surface area contributed by atoms with Gasteiger partial charge in [-0.1, -0.05) is 0 Å². The van der Waals surface area contributed by atoms with E-state index in [0.29, 0.717) is 6.04 Å². The van der Waals surface area contributed by atoms with Gasteiger partial charge in [0.2, 0.25) is 0 Å². The Balaban J connectivity index is 2.20. The first-order valence-corrected chi connectivity index (χ1v) is 7.16. The molecule has 1 N–H and O–H groups in total. The lowest BCUT2D eigenvalue weighted by Gasteiger charge is -2.11. The highest BCUT2D eigenvalue weighted by molar-refractivity contribution is 14.1. The van der Waals surface area contributed by atoms with Crippen LogP contribution in [0.4, 0.5) is 0 Å². The lowest BCUT2D eigenvalue weighted by molar-refractivity contribution is 0.438. The third-order valence-corrected chi connectivity index (χ3v) is 3.23. The number of halogens is 1. The van der Waals surface area contributed by atoms with Crippen molar-refractivity contribution in [3.63, 3.8) is 0 Å². The Morgan fingerprint density at radius 3 is 2.93 bits per heavy atom. The number of rotatable bonds is 6. The third-order valence-electron chi connectivity index (χ3n) is 2.01. The van der Waals surface area contributed by atoms with Crippen LogP contribution in [0.5, 0.6) is 0 Å². The molecule has 1 unspecified atom stereocenters. The predicted molar refractivity (Wildman–Crippen MR) is 70.7 cm³/mol. The Bertz CT molecular complexity index is 264. The Labute approximate surface area is 103 Å². The monoisotopic (exact) mass is 325 g/mol. The highest BCUT2D eigenvalue weighted by atomic mass is 127. The molecule has 1 aromatic rings. The lowest BCUT2D eigenvalue weighted by Crippen LogP contribution is -2.25. The minimum Gasteiger partial charge on any atom is -0.454 e. The molecule has 1 rings (SSSR count). The quantitative estimate of drug-likeness (QED) is 0.814. The number of nitrogens with one attached hydrogen (secondary N) is 1. The molecule has 4 heteroatoms. The largest absolute Gasteiger partial charge is 0.454 e. The molecule has 1 atom stereocenters. The van der Waals surface area contributed by atoms with Crippen LogP contribution in [0.3, 0.4) is 0 Å². The molecule has 2 nitrogen and oxygen atoms in total. The Kier molecular flexibility index (Phi) is 5.96. The summed E-state index contributed by atoms with van der Waals surface area (Å²) in [7, 11) is 0. The fraction of sp³-hybridized carbons (Fsp3) is 0.600. The Morgan fingerprint density at radius 1 is 1.57 bits per heavy atom. The molecule has 0 aromatic carbocycles. The van der Waals surface area contributed by atoms with E-state index >= 15 is 0 Å². The average molecular weight is 325 g/mol. The standard InChI is InChI=1S/C10H16INOS/c1-8(5-6-14-2)12-7-9-3-4-10(11)13-9/h3-4,8,12H,5-7H2,1-2H3. The average Bonchev–Trinajstić information content (AvgIpc) is 2.58. The van der Waals surface area contributed by atoms with Crippen LogP contribution in [0.15, 0.2) is 16.5 Å². The molecule has 1 heterocycles. The van der Waals surface area contributed by atoms with E-state index in [1.54, 1.807) is 0 Å². The van der Waals surface area contributed by atoms with Crippen LogP contribution in [0.1, 0.15) is 19.1 Å². The summed E-state index contributed by atoms with van der Waals surface area (Å²) in [5.74, 6) is 2.23. The van der Waals surface area contributed by atoms with Crippen LogP contribution in [-0.2, 0) is 6.54 Å². The smallest absolute Gasteiger partial charge is 0.164 e. The molecular formula is C10H16INOS. The molecule has 0 saturated carbocycles. The van der Waals surface area contributed by atoms with E-state index in [9.17, 15) is 0 Å². The molecule has 14 heavy (non-hydrogen) atoms. The SMILES string of the molecule is CSCCC(C)NCc1ccc(I)o1. The van der Waals surface area contributed by atoms with Gasteiger partial charge < -0.3 is 9.73 Å². The van der Waals surface area contributed by atoms with Crippen LogP contribution in [0.25, 0.3) is 0 Å². The molecule has 0 spiro atoms. The lowest BCUT2D eigenvalue weighted by atomic mass is 10.2. The summed E-state index contributed by atoms with van der Waals surface area (Å²) in [5.41, 5.74) is 0. The third kappa shape index (κ3) is 4.70. The topological polar surface area (TPSA) is 25.2 Å². The van der Waals surface area contributed by atoms with Crippen molar-refractivity contribution in [2.75, 3.05) is 12.0 Å². The maximum atomic E-state index is 5.46. The highest BCUT2D eigenvalue weighted by Gasteiger charge is 2.03. The summed E-state index contributed by atoms with van der Waals surface area (Å²) < 4.78 is 6.41. The van der Waals surface area contributed by atoms with Crippen LogP contribution >= 0.6 is 34.4 Å². The highest BCUT2D eigenvalue weighted by Crippen LogP contribution is 2.10. The number of thioether (sulfide) groups is 1. The van der Waals surface area contributed by atoms with Crippen LogP contribution in [-0.4, -0.2) is 18.1 Å². The second-order valence-electron chi connectivity index (χ2n) is 3.27. The molecule has 0 fully saturated rings. The molecule has 0 saturated heterocycles. The summed E-state index contributed by atoms with van der Waals surface area (Å²) in [6.45, 7) is 3.04. The summed E-state index contributed by atoms with van der Waals surface area (Å²) in [6.07, 6.45) is 3.35. The second kappa shape index (κ2) is 6.74. The number of hydrogen-bond acceptors (Lipinski definition) is 3. The van der Waals surface area contributed by atoms with Gasteiger partial charge in [0.25, 0.3) is 0 Å². The zero-order valence-electron chi connectivity index (χ0n) is 8.55. The van der Waals surface area contributed by atoms with Gasteiger partial charge in [0.05, 0.1) is 6.54 Å². The summed E-state index contributed by atoms with van der Waals surface area (Å²) >= 11 is 4.07. The van der Waals surface area contributed by atoms with Crippen molar-refractivity contribution in [1.82, 2.24) is 5.32 Å². The summed E-state index contributed by atoms with van der Waals surface area (Å²) in [4.78, 5) is 0. The Morgan fingerprint density at radius 2 is 2.36 bits per heavy atom. The fourth-order valence-electron chi connectivity index (χ4n) is 1.12. The summed E-state index contributed by atoms with van der Waals surface area (Å²) in [5, 5.41) is 3.44. The first-order chi connectivity index (χ1) is 6.72. The van der Waals surface area contributed by atoms with Gasteiger partial charge in [0.1, 0.15) is 5.76 Å². The molecule has 0 aliphatic carbocycles. The molecule has 0 radical (unpaired) electrons. The minimum atomic E-state index is 0.560. The fourth-order valence-corrected chi connectivity index (χ4v) is 2.17. The van der Waals surface area contributed by atoms with Gasteiger partial charge in [0.15, 0.2) is 3.77 Å². The van der Waals surface area contributed by atoms with Crippen molar-refractivity contribution in [2.45, 2.75) is 25.9 Å². The number of hydrogen-bond donors (Lipinski definition) is 1. The van der Waals surface area contributed by atoms with E-state index in [1.807, 2.05) is 23.9 Å². The molecular weight excluding hydrogens is 309 g/mol. The van der Waals surface area contributed by atoms with E-state index in [4.69, 9.17) is 4.42 Å². The maximum Gasteiger partial charge on any atom is 0.164 e. The molecule has 80 valence electrons. The van der Waals surface area contributed by atoms with Crippen molar-refractivity contribution in [1.29, 1.82) is 0 Å². The van der Waals surface area contributed by atoms with Crippen LogP contribution in [0.2, 0.25) is 0 Å². The Hall–Kier alpha value is 0.320. The van der Waals surface area contributed by atoms with Gasteiger partial charge in [-0.3, -0.25) is 0 Å². The zero-order valence-corrected chi connectivity index (χ0v) is 11.5. The van der Waals surface area contributed by atoms with Crippen LogP contribution < -0.4 is 5.32 Å². The maximum absolute atomic E-state index is 5.46. The van der Waals surface area contributed by atoms with Gasteiger partial charge in [0, 0.05) is 6.04 Å². The predicted octanol–water partition coefficient (Wildman–Crippen LogP) is 3.12. The van der Waals surface area contributed by atoms with Crippen molar-refractivity contribution in [2.24, 2.45) is 0 Å². The van der Waals surface area contributed by atoms with E-state index in [1.165, 1.54) is 12.2 Å². The molecule has 0 aliphatic heterocycles. The van der Waals surface area contributed by atoms with E-state index in [0.717, 1.165) is 16.1 Å². The van der Waals surface area contributed by atoms with Crippen LogP contribution in [0, 0.1) is 3.77 Å². The van der Waals surface area contributed by atoms with Crippen molar-refractivity contribution in [3.05, 3.63) is 21.7 Å². The number of furan rings is 1. The van der Waals surface area contributed by atoms with Gasteiger partial charge in [-0.2, -0.15) is 11.8 Å². The van der Waals surface area contributed by atoms with Crippen molar-refractivity contribution in [3.8, 4) is 0 Å². The van der Waals surface area contributed by atoms with E-state index in [2.05, 4.69) is 41.1 Å². The van der Waals surface area contributed by atoms with E-state index in [-0.39, 0.29) is 0 Å².